The lowest BCUT2D eigenvalue weighted by Gasteiger charge is -2.23. The van der Waals surface area contributed by atoms with Crippen LogP contribution in [-0.2, 0) is 0 Å². The van der Waals surface area contributed by atoms with Gasteiger partial charge in [0.25, 0.3) is 6.01 Å². The van der Waals surface area contributed by atoms with Crippen molar-refractivity contribution in [3.63, 3.8) is 0 Å². The van der Waals surface area contributed by atoms with E-state index < -0.39 is 0 Å². The van der Waals surface area contributed by atoms with E-state index in [1.807, 2.05) is 37.3 Å². The number of aromatic nitrogens is 5. The van der Waals surface area contributed by atoms with E-state index in [0.29, 0.717) is 17.8 Å². The molecule has 1 saturated heterocycles. The van der Waals surface area contributed by atoms with E-state index in [9.17, 15) is 0 Å². The third kappa shape index (κ3) is 3.54. The second-order valence-electron chi connectivity index (χ2n) is 6.84. The summed E-state index contributed by atoms with van der Waals surface area (Å²) in [6, 6.07) is 9.94. The average Bonchev–Trinajstić information content (AvgIpc) is 3.49. The SMILES string of the molecule is Cc1cc(Nc2ncco2)nc(N2CCCC2c2cc(-c3ccccn3)no2)n1. The lowest BCUT2D eigenvalue weighted by Crippen LogP contribution is -2.25. The summed E-state index contributed by atoms with van der Waals surface area (Å²) < 4.78 is 10.9. The molecule has 5 rings (SSSR count). The van der Waals surface area contributed by atoms with Crippen LogP contribution in [0.5, 0.6) is 0 Å². The standard InChI is InChI=1S/C20H19N7O2/c1-13-11-18(25-20-22-8-10-28-20)24-19(23-13)27-9-4-6-16(27)17-12-15(26-29-17)14-5-2-3-7-21-14/h2-3,5,7-8,10-12,16H,4,6,9H2,1H3,(H,22,23,24,25). The van der Waals surface area contributed by atoms with Gasteiger partial charge in [-0.1, -0.05) is 11.2 Å². The third-order valence-corrected chi connectivity index (χ3v) is 4.80. The zero-order valence-electron chi connectivity index (χ0n) is 15.8. The van der Waals surface area contributed by atoms with Crippen molar-refractivity contribution in [1.82, 2.24) is 25.1 Å². The maximum Gasteiger partial charge on any atom is 0.300 e. The van der Waals surface area contributed by atoms with Crippen molar-refractivity contribution in [2.45, 2.75) is 25.8 Å². The molecule has 0 spiro atoms. The van der Waals surface area contributed by atoms with Crippen LogP contribution in [-0.4, -0.2) is 31.6 Å². The van der Waals surface area contributed by atoms with Crippen LogP contribution < -0.4 is 10.2 Å². The van der Waals surface area contributed by atoms with Crippen LogP contribution in [0.25, 0.3) is 11.4 Å². The van der Waals surface area contributed by atoms with Crippen LogP contribution in [0, 0.1) is 6.92 Å². The number of nitrogens with one attached hydrogen (secondary N) is 1. The van der Waals surface area contributed by atoms with Gasteiger partial charge in [-0.3, -0.25) is 10.3 Å². The Balaban J connectivity index is 1.42. The molecule has 0 amide bonds. The van der Waals surface area contributed by atoms with Crippen molar-refractivity contribution in [2.24, 2.45) is 0 Å². The zero-order valence-corrected chi connectivity index (χ0v) is 15.8. The van der Waals surface area contributed by atoms with Crippen LogP contribution >= 0.6 is 0 Å². The van der Waals surface area contributed by atoms with Crippen LogP contribution in [0.3, 0.4) is 0 Å². The Hall–Kier alpha value is -3.75. The van der Waals surface area contributed by atoms with Gasteiger partial charge in [0.05, 0.1) is 17.9 Å². The summed E-state index contributed by atoms with van der Waals surface area (Å²) in [7, 11) is 0. The predicted molar refractivity (Wildman–Crippen MR) is 106 cm³/mol. The minimum atomic E-state index is 0.0244. The maximum absolute atomic E-state index is 5.67. The van der Waals surface area contributed by atoms with Gasteiger partial charge < -0.3 is 13.8 Å². The number of aryl methyl sites for hydroxylation is 1. The van der Waals surface area contributed by atoms with E-state index in [1.165, 1.54) is 6.26 Å². The largest absolute Gasteiger partial charge is 0.432 e. The molecule has 1 aliphatic heterocycles. The normalized spacial score (nSPS) is 16.3. The van der Waals surface area contributed by atoms with Gasteiger partial charge in [0.2, 0.25) is 5.95 Å². The van der Waals surface area contributed by atoms with E-state index in [0.717, 1.165) is 42.2 Å². The van der Waals surface area contributed by atoms with Crippen molar-refractivity contribution in [2.75, 3.05) is 16.8 Å². The topological polar surface area (TPSA) is 106 Å². The highest BCUT2D eigenvalue weighted by Crippen LogP contribution is 2.36. The molecule has 0 bridgehead atoms. The highest BCUT2D eigenvalue weighted by molar-refractivity contribution is 5.55. The summed E-state index contributed by atoms with van der Waals surface area (Å²) >= 11 is 0. The number of pyridine rings is 1. The molecule has 1 N–H and O–H groups in total. The molecule has 146 valence electrons. The summed E-state index contributed by atoms with van der Waals surface area (Å²) in [5.41, 5.74) is 2.36. The van der Waals surface area contributed by atoms with E-state index in [4.69, 9.17) is 8.94 Å². The summed E-state index contributed by atoms with van der Waals surface area (Å²) in [5, 5.41) is 7.28. The molecule has 1 unspecified atom stereocenters. The number of hydrogen-bond donors (Lipinski definition) is 1. The molecule has 4 aromatic heterocycles. The fourth-order valence-corrected chi connectivity index (χ4v) is 3.52. The molecule has 9 nitrogen and oxygen atoms in total. The number of anilines is 3. The highest BCUT2D eigenvalue weighted by atomic mass is 16.5. The molecule has 9 heteroatoms. The van der Waals surface area contributed by atoms with Gasteiger partial charge in [-0.2, -0.15) is 4.98 Å². The van der Waals surface area contributed by atoms with Gasteiger partial charge >= 0.3 is 0 Å². The summed E-state index contributed by atoms with van der Waals surface area (Å²) in [4.78, 5) is 19.9. The van der Waals surface area contributed by atoms with Crippen molar-refractivity contribution in [3.05, 3.63) is 60.4 Å². The molecular formula is C20H19N7O2. The van der Waals surface area contributed by atoms with Crippen molar-refractivity contribution >= 4 is 17.8 Å². The fourth-order valence-electron chi connectivity index (χ4n) is 3.52. The number of hydrogen-bond acceptors (Lipinski definition) is 9. The van der Waals surface area contributed by atoms with Crippen molar-refractivity contribution < 1.29 is 8.94 Å². The quantitative estimate of drug-likeness (QED) is 0.543. The second kappa shape index (κ2) is 7.34. The smallest absolute Gasteiger partial charge is 0.300 e. The van der Waals surface area contributed by atoms with E-state index in [1.54, 1.807) is 12.4 Å². The van der Waals surface area contributed by atoms with Gasteiger partial charge in [0.15, 0.2) is 5.76 Å². The Labute approximate surface area is 166 Å². The van der Waals surface area contributed by atoms with Crippen molar-refractivity contribution in [1.29, 1.82) is 0 Å². The summed E-state index contributed by atoms with van der Waals surface area (Å²) in [5.74, 6) is 2.06. The lowest BCUT2D eigenvalue weighted by molar-refractivity contribution is 0.362. The minimum Gasteiger partial charge on any atom is -0.432 e. The molecule has 0 saturated carbocycles. The predicted octanol–water partition coefficient (Wildman–Crippen LogP) is 3.91. The van der Waals surface area contributed by atoms with Crippen molar-refractivity contribution in [3.8, 4) is 11.4 Å². The average molecular weight is 389 g/mol. The Bertz CT molecular complexity index is 1100. The molecule has 0 aromatic carbocycles. The van der Waals surface area contributed by atoms with Gasteiger partial charge in [-0.15, -0.1) is 0 Å². The second-order valence-corrected chi connectivity index (χ2v) is 6.84. The van der Waals surface area contributed by atoms with Crippen LogP contribution in [0.2, 0.25) is 0 Å². The molecule has 1 atom stereocenters. The Morgan fingerprint density at radius 3 is 2.90 bits per heavy atom. The van der Waals surface area contributed by atoms with Gasteiger partial charge in [0, 0.05) is 30.6 Å². The van der Waals surface area contributed by atoms with Gasteiger partial charge in [0.1, 0.15) is 17.8 Å². The molecule has 1 aliphatic rings. The first-order valence-corrected chi connectivity index (χ1v) is 9.43. The van der Waals surface area contributed by atoms with E-state index >= 15 is 0 Å². The highest BCUT2D eigenvalue weighted by Gasteiger charge is 2.32. The lowest BCUT2D eigenvalue weighted by atomic mass is 10.1. The Kier molecular flexibility index (Phi) is 4.39. The van der Waals surface area contributed by atoms with Crippen LogP contribution in [0.15, 0.2) is 57.9 Å². The molecule has 29 heavy (non-hydrogen) atoms. The first-order chi connectivity index (χ1) is 14.3. The maximum atomic E-state index is 5.67. The number of rotatable bonds is 5. The van der Waals surface area contributed by atoms with E-state index in [-0.39, 0.29) is 6.04 Å². The minimum absolute atomic E-state index is 0.0244. The fraction of sp³-hybridized carbons (Fsp3) is 0.250. The molecule has 5 heterocycles. The first kappa shape index (κ1) is 17.4. The van der Waals surface area contributed by atoms with E-state index in [2.05, 4.69) is 35.3 Å². The van der Waals surface area contributed by atoms with Crippen LogP contribution in [0.4, 0.5) is 17.8 Å². The summed E-state index contributed by atoms with van der Waals surface area (Å²) in [6.45, 7) is 2.77. The molecular weight excluding hydrogens is 370 g/mol. The third-order valence-electron chi connectivity index (χ3n) is 4.80. The Morgan fingerprint density at radius 1 is 1.10 bits per heavy atom. The van der Waals surface area contributed by atoms with Gasteiger partial charge in [-0.25, -0.2) is 9.97 Å². The monoisotopic (exact) mass is 389 g/mol. The molecule has 1 fully saturated rings. The Morgan fingerprint density at radius 2 is 2.07 bits per heavy atom. The number of oxazole rings is 1. The summed E-state index contributed by atoms with van der Waals surface area (Å²) in [6.07, 6.45) is 6.79. The molecule has 0 radical (unpaired) electrons. The zero-order chi connectivity index (χ0) is 19.6. The van der Waals surface area contributed by atoms with Crippen LogP contribution in [0.1, 0.15) is 30.3 Å². The molecule has 4 aromatic rings. The first-order valence-electron chi connectivity index (χ1n) is 9.43. The molecule has 0 aliphatic carbocycles. The number of nitrogens with zero attached hydrogens (tertiary/aromatic N) is 6. The van der Waals surface area contributed by atoms with Gasteiger partial charge in [-0.05, 0) is 31.9 Å².